The lowest BCUT2D eigenvalue weighted by molar-refractivity contribution is -0.237. The van der Waals surface area contributed by atoms with Crippen LogP contribution in [0.5, 0.6) is 0 Å². The van der Waals surface area contributed by atoms with Gasteiger partial charge < -0.3 is 15.2 Å². The number of nitrogens with one attached hydrogen (secondary N) is 1. The van der Waals surface area contributed by atoms with Crippen molar-refractivity contribution in [2.24, 2.45) is 5.41 Å². The van der Waals surface area contributed by atoms with E-state index in [1.807, 2.05) is 20.8 Å². The van der Waals surface area contributed by atoms with Crippen molar-refractivity contribution < 1.29 is 14.6 Å². The van der Waals surface area contributed by atoms with E-state index in [1.54, 1.807) is 24.3 Å². The summed E-state index contributed by atoms with van der Waals surface area (Å²) in [5.74, 6) is -0.273. The van der Waals surface area contributed by atoms with E-state index in [4.69, 9.17) is 16.3 Å². The number of amides is 1. The fourth-order valence-electron chi connectivity index (χ4n) is 2.73. The molecule has 1 amide bonds. The van der Waals surface area contributed by atoms with Crippen LogP contribution in [0.3, 0.4) is 0 Å². The lowest BCUT2D eigenvalue weighted by Crippen LogP contribution is -2.68. The minimum absolute atomic E-state index is 0.0183. The third-order valence-corrected chi connectivity index (χ3v) is 4.88. The Morgan fingerprint density at radius 2 is 2.14 bits per heavy atom. The quantitative estimate of drug-likeness (QED) is 0.879. The number of ether oxygens (including phenoxy) is 1. The van der Waals surface area contributed by atoms with Crippen molar-refractivity contribution >= 4 is 17.5 Å². The zero-order valence-electron chi connectivity index (χ0n) is 12.6. The molecule has 1 aliphatic carbocycles. The number of benzene rings is 1. The minimum Gasteiger partial charge on any atom is -0.387 e. The van der Waals surface area contributed by atoms with Gasteiger partial charge in [-0.1, -0.05) is 37.6 Å². The van der Waals surface area contributed by atoms with Gasteiger partial charge in [0.25, 0.3) is 5.91 Å². The Hall–Kier alpha value is -1.10. The van der Waals surface area contributed by atoms with E-state index < -0.39 is 11.0 Å². The molecule has 116 valence electrons. The zero-order chi connectivity index (χ0) is 15.7. The van der Waals surface area contributed by atoms with Crippen molar-refractivity contribution in [3.8, 4) is 0 Å². The van der Waals surface area contributed by atoms with Gasteiger partial charge in [0.15, 0.2) is 0 Å². The van der Waals surface area contributed by atoms with Gasteiger partial charge in [0.1, 0.15) is 0 Å². The Labute approximate surface area is 130 Å². The summed E-state index contributed by atoms with van der Waals surface area (Å²) in [7, 11) is 0. The highest BCUT2D eigenvalue weighted by molar-refractivity contribution is 6.33. The maximum absolute atomic E-state index is 12.1. The monoisotopic (exact) mass is 311 g/mol. The fraction of sp³-hybridized carbons (Fsp3) is 0.562. The first-order chi connectivity index (χ1) is 9.82. The van der Waals surface area contributed by atoms with E-state index in [0.29, 0.717) is 23.6 Å². The molecule has 0 saturated heterocycles. The van der Waals surface area contributed by atoms with Gasteiger partial charge in [0.2, 0.25) is 0 Å². The van der Waals surface area contributed by atoms with E-state index in [2.05, 4.69) is 5.32 Å². The van der Waals surface area contributed by atoms with Gasteiger partial charge in [-0.25, -0.2) is 0 Å². The van der Waals surface area contributed by atoms with Gasteiger partial charge in [-0.2, -0.15) is 0 Å². The van der Waals surface area contributed by atoms with Crippen molar-refractivity contribution in [2.75, 3.05) is 13.2 Å². The predicted octanol–water partition coefficient (Wildman–Crippen LogP) is 2.64. The smallest absolute Gasteiger partial charge is 0.252 e. The average molecular weight is 312 g/mol. The first-order valence-corrected chi connectivity index (χ1v) is 7.56. The van der Waals surface area contributed by atoms with E-state index in [9.17, 15) is 9.90 Å². The molecule has 0 aliphatic heterocycles. The normalized spacial score (nSPS) is 27.0. The lowest BCUT2D eigenvalue weighted by atomic mass is 9.56. The third-order valence-electron chi connectivity index (χ3n) is 4.56. The molecule has 0 radical (unpaired) electrons. The summed E-state index contributed by atoms with van der Waals surface area (Å²) in [6, 6.07) is 6.86. The molecule has 1 saturated carbocycles. The number of hydrogen-bond donors (Lipinski definition) is 2. The maximum atomic E-state index is 12.1. The first-order valence-electron chi connectivity index (χ1n) is 7.18. The van der Waals surface area contributed by atoms with Crippen LogP contribution in [0.25, 0.3) is 0 Å². The topological polar surface area (TPSA) is 58.6 Å². The Kier molecular flexibility index (Phi) is 4.61. The number of carbonyl (C=O) groups excluding carboxylic acids is 1. The van der Waals surface area contributed by atoms with Gasteiger partial charge in [0.05, 0.1) is 22.3 Å². The highest BCUT2D eigenvalue weighted by Gasteiger charge is 2.59. The largest absolute Gasteiger partial charge is 0.387 e. The minimum atomic E-state index is -0.955. The van der Waals surface area contributed by atoms with E-state index in [-0.39, 0.29) is 18.6 Å². The summed E-state index contributed by atoms with van der Waals surface area (Å²) in [6.07, 6.45) is 0.543. The molecule has 1 aromatic carbocycles. The summed E-state index contributed by atoms with van der Waals surface area (Å²) >= 11 is 5.99. The molecule has 1 aromatic rings. The molecule has 2 N–H and O–H groups in total. The second-order valence-corrected chi connectivity index (χ2v) is 6.47. The van der Waals surface area contributed by atoms with Gasteiger partial charge in [-0.05, 0) is 19.1 Å². The second-order valence-electron chi connectivity index (χ2n) is 6.06. The van der Waals surface area contributed by atoms with Crippen LogP contribution >= 0.6 is 11.6 Å². The fourth-order valence-corrected chi connectivity index (χ4v) is 2.95. The SMILES string of the molecule is CCO[C@@H]1C[C@](O)(CNC(=O)c2ccccc2Cl)C1(C)C. The Morgan fingerprint density at radius 1 is 1.48 bits per heavy atom. The van der Waals surface area contributed by atoms with Crippen LogP contribution in [0.15, 0.2) is 24.3 Å². The highest BCUT2D eigenvalue weighted by Crippen LogP contribution is 2.50. The lowest BCUT2D eigenvalue weighted by Gasteiger charge is -2.57. The number of aliphatic hydroxyl groups is 1. The van der Waals surface area contributed by atoms with Crippen LogP contribution in [0.4, 0.5) is 0 Å². The van der Waals surface area contributed by atoms with Crippen molar-refractivity contribution in [2.45, 2.75) is 38.9 Å². The number of rotatable bonds is 5. The van der Waals surface area contributed by atoms with Crippen LogP contribution in [0.1, 0.15) is 37.6 Å². The molecule has 21 heavy (non-hydrogen) atoms. The van der Waals surface area contributed by atoms with Gasteiger partial charge in [0, 0.05) is 25.0 Å². The van der Waals surface area contributed by atoms with Crippen LogP contribution < -0.4 is 5.32 Å². The molecule has 0 heterocycles. The molecule has 2 rings (SSSR count). The first kappa shape index (κ1) is 16.3. The third kappa shape index (κ3) is 2.93. The molecule has 5 heteroatoms. The summed E-state index contributed by atoms with van der Waals surface area (Å²) in [4.78, 5) is 12.1. The number of carbonyl (C=O) groups is 1. The Balaban J connectivity index is 1.98. The highest BCUT2D eigenvalue weighted by atomic mass is 35.5. The van der Waals surface area contributed by atoms with E-state index in [0.717, 1.165) is 0 Å². The molecule has 0 spiro atoms. The molecule has 0 aromatic heterocycles. The Bertz CT molecular complexity index is 532. The molecule has 4 nitrogen and oxygen atoms in total. The van der Waals surface area contributed by atoms with E-state index >= 15 is 0 Å². The number of halogens is 1. The summed E-state index contributed by atoms with van der Waals surface area (Å²) < 4.78 is 5.61. The van der Waals surface area contributed by atoms with Crippen LogP contribution in [-0.2, 0) is 4.74 Å². The molecule has 2 atom stereocenters. The van der Waals surface area contributed by atoms with Crippen molar-refractivity contribution in [1.29, 1.82) is 0 Å². The van der Waals surface area contributed by atoms with Crippen molar-refractivity contribution in [3.63, 3.8) is 0 Å². The van der Waals surface area contributed by atoms with Crippen molar-refractivity contribution in [1.82, 2.24) is 5.32 Å². The summed E-state index contributed by atoms with van der Waals surface area (Å²) in [5, 5.41) is 13.8. The van der Waals surface area contributed by atoms with Gasteiger partial charge in [-0.3, -0.25) is 4.79 Å². The zero-order valence-corrected chi connectivity index (χ0v) is 13.4. The van der Waals surface area contributed by atoms with Gasteiger partial charge in [-0.15, -0.1) is 0 Å². The summed E-state index contributed by atoms with van der Waals surface area (Å²) in [6.45, 7) is 6.66. The Morgan fingerprint density at radius 3 is 2.71 bits per heavy atom. The molecule has 0 unspecified atom stereocenters. The van der Waals surface area contributed by atoms with Gasteiger partial charge >= 0.3 is 0 Å². The predicted molar refractivity (Wildman–Crippen MR) is 82.5 cm³/mol. The van der Waals surface area contributed by atoms with Crippen LogP contribution in [-0.4, -0.2) is 35.9 Å². The van der Waals surface area contributed by atoms with E-state index in [1.165, 1.54) is 0 Å². The molecular weight excluding hydrogens is 290 g/mol. The maximum Gasteiger partial charge on any atom is 0.252 e. The van der Waals surface area contributed by atoms with Crippen molar-refractivity contribution in [3.05, 3.63) is 34.9 Å². The van der Waals surface area contributed by atoms with Crippen LogP contribution in [0, 0.1) is 5.41 Å². The molecule has 1 fully saturated rings. The standard InChI is InChI=1S/C16H22ClNO3/c1-4-21-13-9-16(20,15(13,2)3)10-18-14(19)11-7-5-6-8-12(11)17/h5-8,13,20H,4,9-10H2,1-3H3,(H,18,19)/t13-,16+/m1/s1. The molecule has 0 bridgehead atoms. The van der Waals surface area contributed by atoms with Crippen LogP contribution in [0.2, 0.25) is 5.02 Å². The molecular formula is C16H22ClNO3. The number of hydrogen-bond acceptors (Lipinski definition) is 3. The molecule has 1 aliphatic rings. The average Bonchev–Trinajstić information content (AvgIpc) is 2.45. The second kappa shape index (κ2) is 5.95. The summed E-state index contributed by atoms with van der Waals surface area (Å²) in [5.41, 5.74) is -0.929.